The Kier molecular flexibility index (Phi) is 3.33. The first-order chi connectivity index (χ1) is 9.60. The molecule has 6 heteroatoms. The van der Waals surface area contributed by atoms with Crippen LogP contribution in [0.25, 0.3) is 0 Å². The number of benzene rings is 1. The van der Waals surface area contributed by atoms with Gasteiger partial charge in [-0.25, -0.2) is 4.79 Å². The number of carbonyl (C=O) groups is 2. The van der Waals surface area contributed by atoms with Crippen molar-refractivity contribution in [2.24, 2.45) is 0 Å². The van der Waals surface area contributed by atoms with Crippen LogP contribution < -0.4 is 10.6 Å². The number of rotatable bonds is 2. The summed E-state index contributed by atoms with van der Waals surface area (Å²) in [6.07, 6.45) is 0. The standard InChI is InChI=1S/C14H16N2O3S/c1-3-19-13(17)11-12-10(16-14(18)20-12)8-6-7(2)4-5-9(8)15-11/h4-6,10-12,15H,3H2,1-2H3,(H,16,18)/t10-,11-,12+/m0/s1. The number of carbonyl (C=O) groups excluding carboxylic acids is 2. The average molecular weight is 292 g/mol. The summed E-state index contributed by atoms with van der Waals surface area (Å²) in [6, 6.07) is 5.34. The van der Waals surface area contributed by atoms with Crippen LogP contribution in [0, 0.1) is 6.92 Å². The van der Waals surface area contributed by atoms with Gasteiger partial charge in [0.25, 0.3) is 5.24 Å². The number of ether oxygens (including phenoxy) is 1. The predicted molar refractivity (Wildman–Crippen MR) is 77.9 cm³/mol. The highest BCUT2D eigenvalue weighted by Crippen LogP contribution is 2.43. The molecule has 0 spiro atoms. The molecular weight excluding hydrogens is 276 g/mol. The van der Waals surface area contributed by atoms with E-state index in [0.29, 0.717) is 6.61 Å². The van der Waals surface area contributed by atoms with Crippen molar-refractivity contribution in [2.45, 2.75) is 31.2 Å². The first-order valence-electron chi connectivity index (χ1n) is 6.61. The Hall–Kier alpha value is -1.69. The van der Waals surface area contributed by atoms with Crippen molar-refractivity contribution >= 4 is 28.7 Å². The SMILES string of the molecule is CCOC(=O)[C@H]1Nc2ccc(C)cc2[C@@H]2NC(=O)S[C@@H]12. The number of thioether (sulfide) groups is 1. The molecule has 0 bridgehead atoms. The highest BCUT2D eigenvalue weighted by atomic mass is 32.2. The minimum absolute atomic E-state index is 0.0922. The third kappa shape index (κ3) is 2.14. The van der Waals surface area contributed by atoms with E-state index in [1.165, 1.54) is 11.8 Å². The zero-order valence-corrected chi connectivity index (χ0v) is 12.1. The Morgan fingerprint density at radius 2 is 2.20 bits per heavy atom. The van der Waals surface area contributed by atoms with Crippen LogP contribution in [-0.4, -0.2) is 29.1 Å². The molecule has 20 heavy (non-hydrogen) atoms. The summed E-state index contributed by atoms with van der Waals surface area (Å²) in [4.78, 5) is 23.8. The smallest absolute Gasteiger partial charge is 0.329 e. The molecule has 106 valence electrons. The number of fused-ring (bicyclic) bond motifs is 3. The Morgan fingerprint density at radius 3 is 2.95 bits per heavy atom. The third-order valence-corrected chi connectivity index (χ3v) is 4.72. The van der Waals surface area contributed by atoms with Gasteiger partial charge in [-0.2, -0.15) is 0 Å². The number of hydrogen-bond donors (Lipinski definition) is 2. The Morgan fingerprint density at radius 1 is 1.40 bits per heavy atom. The lowest BCUT2D eigenvalue weighted by Crippen LogP contribution is -2.46. The van der Waals surface area contributed by atoms with Crippen molar-refractivity contribution in [1.29, 1.82) is 0 Å². The maximum atomic E-state index is 12.1. The quantitative estimate of drug-likeness (QED) is 0.818. The number of hydrogen-bond acceptors (Lipinski definition) is 5. The lowest BCUT2D eigenvalue weighted by Gasteiger charge is -2.34. The normalized spacial score (nSPS) is 27.1. The van der Waals surface area contributed by atoms with Crippen LogP contribution in [0.1, 0.15) is 24.1 Å². The molecular formula is C14H16N2O3S. The number of anilines is 1. The van der Waals surface area contributed by atoms with Gasteiger partial charge < -0.3 is 15.4 Å². The van der Waals surface area contributed by atoms with Crippen molar-refractivity contribution < 1.29 is 14.3 Å². The third-order valence-electron chi connectivity index (χ3n) is 3.57. The van der Waals surface area contributed by atoms with Crippen LogP contribution in [0.3, 0.4) is 0 Å². The number of aryl methyl sites for hydroxylation is 1. The second-order valence-corrected chi connectivity index (χ2v) is 6.11. The maximum Gasteiger partial charge on any atom is 0.329 e. The summed E-state index contributed by atoms with van der Waals surface area (Å²) in [7, 11) is 0. The summed E-state index contributed by atoms with van der Waals surface area (Å²) < 4.78 is 5.11. The molecule has 0 saturated carbocycles. The molecule has 1 aromatic rings. The van der Waals surface area contributed by atoms with E-state index >= 15 is 0 Å². The van der Waals surface area contributed by atoms with Gasteiger partial charge in [0.2, 0.25) is 0 Å². The van der Waals surface area contributed by atoms with Gasteiger partial charge in [-0.15, -0.1) is 0 Å². The first kappa shape index (κ1) is 13.3. The van der Waals surface area contributed by atoms with E-state index in [-0.39, 0.29) is 22.5 Å². The molecule has 0 radical (unpaired) electrons. The zero-order valence-electron chi connectivity index (χ0n) is 11.3. The fraction of sp³-hybridized carbons (Fsp3) is 0.429. The molecule has 2 aliphatic heterocycles. The van der Waals surface area contributed by atoms with E-state index in [9.17, 15) is 9.59 Å². The monoisotopic (exact) mass is 292 g/mol. The highest BCUT2D eigenvalue weighted by Gasteiger charge is 2.47. The van der Waals surface area contributed by atoms with Crippen molar-refractivity contribution in [3.63, 3.8) is 0 Å². The van der Waals surface area contributed by atoms with Crippen LogP contribution in [-0.2, 0) is 9.53 Å². The Balaban J connectivity index is 1.99. The lowest BCUT2D eigenvalue weighted by molar-refractivity contribution is -0.144. The second-order valence-electron chi connectivity index (χ2n) is 4.96. The molecule has 3 rings (SSSR count). The topological polar surface area (TPSA) is 67.4 Å². The summed E-state index contributed by atoms with van der Waals surface area (Å²) >= 11 is 1.17. The van der Waals surface area contributed by atoms with Gasteiger partial charge in [-0.3, -0.25) is 4.79 Å². The maximum absolute atomic E-state index is 12.1. The van der Waals surface area contributed by atoms with E-state index in [4.69, 9.17) is 4.74 Å². The molecule has 0 aromatic heterocycles. The molecule has 2 heterocycles. The fourth-order valence-electron chi connectivity index (χ4n) is 2.70. The molecule has 3 atom stereocenters. The molecule has 1 amide bonds. The van der Waals surface area contributed by atoms with Crippen LogP contribution in [0.2, 0.25) is 0 Å². The summed E-state index contributed by atoms with van der Waals surface area (Å²) in [5, 5.41) is 5.89. The Bertz CT molecular complexity index is 576. The van der Waals surface area contributed by atoms with Gasteiger partial charge >= 0.3 is 5.97 Å². The van der Waals surface area contributed by atoms with E-state index < -0.39 is 6.04 Å². The van der Waals surface area contributed by atoms with Gasteiger partial charge in [0, 0.05) is 5.69 Å². The first-order valence-corrected chi connectivity index (χ1v) is 7.49. The van der Waals surface area contributed by atoms with Crippen molar-refractivity contribution in [3.05, 3.63) is 29.3 Å². The number of amides is 1. The number of nitrogens with one attached hydrogen (secondary N) is 2. The molecule has 0 unspecified atom stereocenters. The Labute approximate surface area is 121 Å². The van der Waals surface area contributed by atoms with Gasteiger partial charge in [0.05, 0.1) is 17.9 Å². The number of esters is 1. The molecule has 2 aliphatic rings. The molecule has 2 N–H and O–H groups in total. The fourth-order valence-corrected chi connectivity index (χ4v) is 3.80. The molecule has 5 nitrogen and oxygen atoms in total. The van der Waals surface area contributed by atoms with Gasteiger partial charge in [-0.05, 0) is 25.5 Å². The molecule has 0 aliphatic carbocycles. The molecule has 1 fully saturated rings. The van der Waals surface area contributed by atoms with E-state index in [1.54, 1.807) is 6.92 Å². The minimum atomic E-state index is -0.501. The zero-order chi connectivity index (χ0) is 14.3. The van der Waals surface area contributed by atoms with Crippen molar-refractivity contribution in [2.75, 3.05) is 11.9 Å². The second kappa shape index (κ2) is 5.01. The van der Waals surface area contributed by atoms with E-state index in [0.717, 1.165) is 16.8 Å². The largest absolute Gasteiger partial charge is 0.464 e. The van der Waals surface area contributed by atoms with E-state index in [1.807, 2.05) is 25.1 Å². The van der Waals surface area contributed by atoms with Crippen molar-refractivity contribution in [1.82, 2.24) is 5.32 Å². The van der Waals surface area contributed by atoms with Crippen LogP contribution in [0.5, 0.6) is 0 Å². The molecule has 1 aromatic carbocycles. The van der Waals surface area contributed by atoms with Crippen molar-refractivity contribution in [3.8, 4) is 0 Å². The van der Waals surface area contributed by atoms with Gasteiger partial charge in [0.1, 0.15) is 6.04 Å². The average Bonchev–Trinajstić information content (AvgIpc) is 2.80. The van der Waals surface area contributed by atoms with Gasteiger partial charge in [0.15, 0.2) is 0 Å². The van der Waals surface area contributed by atoms with Gasteiger partial charge in [-0.1, -0.05) is 29.5 Å². The minimum Gasteiger partial charge on any atom is -0.464 e. The summed E-state index contributed by atoms with van der Waals surface area (Å²) in [5.41, 5.74) is 3.05. The molecule has 1 saturated heterocycles. The lowest BCUT2D eigenvalue weighted by atomic mass is 9.91. The van der Waals surface area contributed by atoms with Crippen LogP contribution in [0.15, 0.2) is 18.2 Å². The van der Waals surface area contributed by atoms with Crippen LogP contribution in [0.4, 0.5) is 10.5 Å². The summed E-state index contributed by atoms with van der Waals surface area (Å²) in [6.45, 7) is 4.12. The van der Waals surface area contributed by atoms with E-state index in [2.05, 4.69) is 10.6 Å². The highest BCUT2D eigenvalue weighted by molar-refractivity contribution is 8.14. The predicted octanol–water partition coefficient (Wildman–Crippen LogP) is 2.22. The van der Waals surface area contributed by atoms with Crippen LogP contribution >= 0.6 is 11.8 Å². The summed E-state index contributed by atoms with van der Waals surface area (Å²) in [5.74, 6) is -0.308.